The van der Waals surface area contributed by atoms with E-state index in [-0.39, 0.29) is 0 Å². The topological polar surface area (TPSA) is 16.1 Å². The Balaban J connectivity index is 1.04. The number of allylic oxidation sites excluding steroid dienone is 4. The Morgan fingerprint density at radius 2 is 1.10 bits per heavy atom. The van der Waals surface area contributed by atoms with Crippen LogP contribution in [0.5, 0.6) is 0 Å². The Kier molecular flexibility index (Phi) is 8.62. The third-order valence-electron chi connectivity index (χ3n) is 9.59. The van der Waals surface area contributed by atoms with Gasteiger partial charge in [-0.15, -0.1) is 34.4 Å². The molecule has 246 valence electrons. The Bertz CT molecular complexity index is 2350. The van der Waals surface area contributed by atoms with Crippen molar-refractivity contribution < 1.29 is 0 Å². The van der Waals surface area contributed by atoms with Gasteiger partial charge in [0.2, 0.25) is 0 Å². The van der Waals surface area contributed by atoms with Crippen molar-refractivity contribution in [3.05, 3.63) is 174 Å². The summed E-state index contributed by atoms with van der Waals surface area (Å²) in [4.78, 5) is 9.99. The molecule has 2 nitrogen and oxygen atoms in total. The van der Waals surface area contributed by atoms with Crippen LogP contribution in [0.2, 0.25) is 0 Å². The Morgan fingerprint density at radius 3 is 1.71 bits per heavy atom. The van der Waals surface area contributed by atoms with Crippen LogP contribution in [0.1, 0.15) is 18.4 Å². The molecule has 1 aliphatic carbocycles. The van der Waals surface area contributed by atoms with Crippen LogP contribution in [0.3, 0.4) is 0 Å². The first-order valence-corrected chi connectivity index (χ1v) is 20.0. The molecule has 0 saturated carbocycles. The van der Waals surface area contributed by atoms with E-state index >= 15 is 0 Å². The Labute approximate surface area is 311 Å². The summed E-state index contributed by atoms with van der Waals surface area (Å²) in [6.07, 6.45) is 8.95. The average molecular weight is 711 g/mol. The van der Waals surface area contributed by atoms with E-state index in [1.54, 1.807) is 11.3 Å². The van der Waals surface area contributed by atoms with Crippen molar-refractivity contribution in [1.82, 2.24) is 4.98 Å². The fourth-order valence-corrected chi connectivity index (χ4v) is 9.35. The van der Waals surface area contributed by atoms with Crippen LogP contribution in [0.25, 0.3) is 58.0 Å². The number of thiophene rings is 1. The number of rotatable bonds is 8. The van der Waals surface area contributed by atoms with Gasteiger partial charge in [0.25, 0.3) is 0 Å². The maximum atomic E-state index is 4.90. The summed E-state index contributed by atoms with van der Waals surface area (Å²) in [7, 11) is 0. The van der Waals surface area contributed by atoms with Crippen LogP contribution in [0.15, 0.2) is 169 Å². The molecule has 0 N–H and O–H groups in total. The molecule has 0 saturated heterocycles. The number of fused-ring (bicyclic) bond motifs is 2. The number of para-hydroxylation sites is 1. The van der Waals surface area contributed by atoms with Crippen LogP contribution in [0, 0.1) is 0 Å². The van der Waals surface area contributed by atoms with E-state index in [0.717, 1.165) is 46.0 Å². The van der Waals surface area contributed by atoms with Crippen molar-refractivity contribution in [2.24, 2.45) is 0 Å². The third-order valence-corrected chi connectivity index (χ3v) is 12.7. The number of nitrogens with zero attached hydrogens (tertiary/aromatic N) is 2. The summed E-state index contributed by atoms with van der Waals surface area (Å²) < 4.78 is 2.52. The SMILES string of the molecule is CSC1=CC=C(c2ccc(-c3ccc(N(c4ccc(-c5cc6ccccc6s5)cc4)c4ccc(-c5nc6ccccc6s5)cc4)cc3)cc2)CC1. The molecule has 1 aliphatic rings. The highest BCUT2D eigenvalue weighted by Gasteiger charge is 2.16. The monoisotopic (exact) mass is 710 g/mol. The molecule has 0 atom stereocenters. The van der Waals surface area contributed by atoms with Crippen molar-refractivity contribution in [1.29, 1.82) is 0 Å². The van der Waals surface area contributed by atoms with E-state index < -0.39 is 0 Å². The first kappa shape index (κ1) is 31.8. The van der Waals surface area contributed by atoms with E-state index in [0.29, 0.717) is 0 Å². The Hall–Kier alpha value is -5.20. The zero-order valence-electron chi connectivity index (χ0n) is 28.1. The van der Waals surface area contributed by atoms with Crippen LogP contribution in [-0.2, 0) is 0 Å². The second-order valence-electron chi connectivity index (χ2n) is 12.7. The molecule has 0 aliphatic heterocycles. The fraction of sp³-hybridized carbons (Fsp3) is 0.0652. The van der Waals surface area contributed by atoms with E-state index in [9.17, 15) is 0 Å². The molecule has 2 aromatic heterocycles. The van der Waals surface area contributed by atoms with Crippen LogP contribution in [-0.4, -0.2) is 11.2 Å². The summed E-state index contributed by atoms with van der Waals surface area (Å²) in [5.41, 5.74) is 11.9. The van der Waals surface area contributed by atoms with E-state index in [1.165, 1.54) is 52.4 Å². The smallest absolute Gasteiger partial charge is 0.124 e. The molecular weight excluding hydrogens is 677 g/mol. The van der Waals surface area contributed by atoms with Gasteiger partial charge in [0.05, 0.1) is 10.2 Å². The van der Waals surface area contributed by atoms with Crippen molar-refractivity contribution >= 4 is 77.4 Å². The van der Waals surface area contributed by atoms with Gasteiger partial charge in [-0.25, -0.2) is 4.98 Å². The summed E-state index contributed by atoms with van der Waals surface area (Å²) in [6, 6.07) is 55.0. The molecule has 0 bridgehead atoms. The predicted molar refractivity (Wildman–Crippen MR) is 225 cm³/mol. The van der Waals surface area contributed by atoms with Crippen LogP contribution >= 0.6 is 34.4 Å². The average Bonchev–Trinajstić information content (AvgIpc) is 3.84. The molecule has 0 spiro atoms. The van der Waals surface area contributed by atoms with Crippen molar-refractivity contribution in [2.75, 3.05) is 11.2 Å². The molecule has 0 amide bonds. The minimum absolute atomic E-state index is 1.04. The van der Waals surface area contributed by atoms with Crippen molar-refractivity contribution in [2.45, 2.75) is 12.8 Å². The highest BCUT2D eigenvalue weighted by Crippen LogP contribution is 2.40. The molecule has 5 heteroatoms. The lowest BCUT2D eigenvalue weighted by Crippen LogP contribution is -2.09. The standard InChI is InChI=1S/C46H34N2S3/c1-49-41-28-20-34(21-29-41)32-12-10-31(11-13-32)33-14-22-38(23-15-33)48(39-24-16-35(17-25-39)45-30-37-6-2-4-8-43(37)50-45)40-26-18-36(19-27-40)46-47-42-7-3-5-9-44(42)51-46/h2-20,22-28,30H,21,29H2,1H3. The zero-order chi connectivity index (χ0) is 34.1. The first-order chi connectivity index (χ1) is 25.2. The molecule has 51 heavy (non-hydrogen) atoms. The molecule has 8 aromatic rings. The molecule has 2 heterocycles. The number of aromatic nitrogens is 1. The zero-order valence-corrected chi connectivity index (χ0v) is 30.6. The lowest BCUT2D eigenvalue weighted by molar-refractivity contribution is 1.04. The van der Waals surface area contributed by atoms with E-state index in [1.807, 2.05) is 29.2 Å². The van der Waals surface area contributed by atoms with Gasteiger partial charge in [0.15, 0.2) is 0 Å². The third kappa shape index (κ3) is 6.45. The van der Waals surface area contributed by atoms with Crippen molar-refractivity contribution in [3.8, 4) is 32.1 Å². The number of thiazole rings is 1. The minimum atomic E-state index is 1.04. The molecule has 6 aromatic carbocycles. The lowest BCUT2D eigenvalue weighted by Gasteiger charge is -2.26. The minimum Gasteiger partial charge on any atom is -0.311 e. The predicted octanol–water partition coefficient (Wildman–Crippen LogP) is 14.4. The highest BCUT2D eigenvalue weighted by molar-refractivity contribution is 8.02. The van der Waals surface area contributed by atoms with Gasteiger partial charge in [-0.3, -0.25) is 0 Å². The largest absolute Gasteiger partial charge is 0.311 e. The van der Waals surface area contributed by atoms with Gasteiger partial charge < -0.3 is 4.90 Å². The number of thioether (sulfide) groups is 1. The maximum Gasteiger partial charge on any atom is 0.124 e. The summed E-state index contributed by atoms with van der Waals surface area (Å²) in [6.45, 7) is 0. The second kappa shape index (κ2) is 13.8. The van der Waals surface area contributed by atoms with E-state index in [2.05, 4.69) is 169 Å². The van der Waals surface area contributed by atoms with Crippen LogP contribution in [0.4, 0.5) is 17.1 Å². The summed E-state index contributed by atoms with van der Waals surface area (Å²) in [5, 5.41) is 2.33. The molecule has 0 fully saturated rings. The maximum absolute atomic E-state index is 4.90. The molecule has 0 unspecified atom stereocenters. The number of hydrogen-bond donors (Lipinski definition) is 0. The lowest BCUT2D eigenvalue weighted by atomic mass is 9.95. The normalized spacial score (nSPS) is 13.0. The van der Waals surface area contributed by atoms with Crippen molar-refractivity contribution in [3.63, 3.8) is 0 Å². The second-order valence-corrected chi connectivity index (χ2v) is 15.8. The van der Waals surface area contributed by atoms with Gasteiger partial charge in [-0.1, -0.05) is 91.0 Å². The van der Waals surface area contributed by atoms with Gasteiger partial charge in [0, 0.05) is 32.2 Å². The van der Waals surface area contributed by atoms with Gasteiger partial charge in [-0.2, -0.15) is 0 Å². The van der Waals surface area contributed by atoms with Gasteiger partial charge in [0.1, 0.15) is 5.01 Å². The quantitative estimate of drug-likeness (QED) is 0.156. The number of anilines is 3. The molecule has 0 radical (unpaired) electrons. The molecule has 9 rings (SSSR count). The van der Waals surface area contributed by atoms with Crippen LogP contribution < -0.4 is 4.90 Å². The van der Waals surface area contributed by atoms with Gasteiger partial charge >= 0.3 is 0 Å². The number of hydrogen-bond acceptors (Lipinski definition) is 5. The fourth-order valence-electron chi connectivity index (χ4n) is 6.80. The Morgan fingerprint density at radius 1 is 0.529 bits per heavy atom. The summed E-state index contributed by atoms with van der Waals surface area (Å²) >= 11 is 5.43. The first-order valence-electron chi connectivity index (χ1n) is 17.2. The van der Waals surface area contributed by atoms with E-state index in [4.69, 9.17) is 4.98 Å². The highest BCUT2D eigenvalue weighted by atomic mass is 32.2. The molecular formula is C46H34N2S3. The van der Waals surface area contributed by atoms with Gasteiger partial charge in [-0.05, 0) is 130 Å². The number of benzene rings is 6. The summed E-state index contributed by atoms with van der Waals surface area (Å²) in [5.74, 6) is 0.